The van der Waals surface area contributed by atoms with Crippen LogP contribution in [-0.4, -0.2) is 39.9 Å². The third kappa shape index (κ3) is 4.42. The van der Waals surface area contributed by atoms with Crippen molar-refractivity contribution in [3.05, 3.63) is 47.5 Å². The van der Waals surface area contributed by atoms with Gasteiger partial charge in [-0.3, -0.25) is 4.99 Å². The molecular formula is C25H33N3O4. The van der Waals surface area contributed by atoms with Crippen LogP contribution in [0.15, 0.2) is 41.4 Å². The summed E-state index contributed by atoms with van der Waals surface area (Å²) in [6.45, 7) is 0.527. The lowest BCUT2D eigenvalue weighted by Crippen LogP contribution is -2.46. The summed E-state index contributed by atoms with van der Waals surface area (Å²) >= 11 is 0. The van der Waals surface area contributed by atoms with Crippen LogP contribution in [0, 0.1) is 0 Å². The van der Waals surface area contributed by atoms with Crippen LogP contribution in [0.4, 0.5) is 0 Å². The number of guanidine groups is 1. The van der Waals surface area contributed by atoms with E-state index in [-0.39, 0.29) is 11.6 Å². The molecule has 1 aliphatic heterocycles. The van der Waals surface area contributed by atoms with E-state index in [4.69, 9.17) is 18.9 Å². The number of hydrogen-bond acceptors (Lipinski definition) is 5. The van der Waals surface area contributed by atoms with E-state index >= 15 is 0 Å². The smallest absolute Gasteiger partial charge is 0.191 e. The normalized spacial score (nSPS) is 19.1. The van der Waals surface area contributed by atoms with Crippen molar-refractivity contribution in [2.75, 3.05) is 28.4 Å². The first-order chi connectivity index (χ1) is 15.6. The molecule has 0 bridgehead atoms. The summed E-state index contributed by atoms with van der Waals surface area (Å²) in [7, 11) is 6.68. The SMILES string of the molecule is CN=C(NCc1cc(OC)c(OC)cc1OC)NC1CC2(CCCC2)Oc2ccccc21. The number of nitrogens with one attached hydrogen (secondary N) is 2. The van der Waals surface area contributed by atoms with Gasteiger partial charge in [0.1, 0.15) is 17.1 Å². The highest BCUT2D eigenvalue weighted by molar-refractivity contribution is 5.80. The zero-order valence-corrected chi connectivity index (χ0v) is 19.4. The van der Waals surface area contributed by atoms with Crippen LogP contribution in [0.25, 0.3) is 0 Å². The van der Waals surface area contributed by atoms with Gasteiger partial charge in [0, 0.05) is 37.2 Å². The molecule has 0 radical (unpaired) electrons. The molecule has 7 heteroatoms. The van der Waals surface area contributed by atoms with Crippen LogP contribution < -0.4 is 29.6 Å². The van der Waals surface area contributed by atoms with Gasteiger partial charge in [-0.15, -0.1) is 0 Å². The van der Waals surface area contributed by atoms with Crippen molar-refractivity contribution >= 4 is 5.96 Å². The molecule has 1 heterocycles. The van der Waals surface area contributed by atoms with Crippen molar-refractivity contribution in [1.29, 1.82) is 0 Å². The first-order valence-corrected chi connectivity index (χ1v) is 11.2. The lowest BCUT2D eigenvalue weighted by atomic mass is 9.86. The van der Waals surface area contributed by atoms with Gasteiger partial charge in [0.25, 0.3) is 0 Å². The van der Waals surface area contributed by atoms with Crippen LogP contribution in [0.5, 0.6) is 23.0 Å². The van der Waals surface area contributed by atoms with Crippen molar-refractivity contribution < 1.29 is 18.9 Å². The second kappa shape index (κ2) is 9.59. The highest BCUT2D eigenvalue weighted by Crippen LogP contribution is 2.47. The molecule has 1 spiro atoms. The van der Waals surface area contributed by atoms with Gasteiger partial charge in [-0.2, -0.15) is 0 Å². The Morgan fingerprint density at radius 1 is 1.03 bits per heavy atom. The molecule has 1 unspecified atom stereocenters. The number of para-hydroxylation sites is 1. The highest BCUT2D eigenvalue weighted by Gasteiger charge is 2.43. The predicted molar refractivity (Wildman–Crippen MR) is 125 cm³/mol. The molecular weight excluding hydrogens is 406 g/mol. The summed E-state index contributed by atoms with van der Waals surface area (Å²) in [6, 6.07) is 12.2. The van der Waals surface area contributed by atoms with E-state index in [0.29, 0.717) is 18.0 Å². The summed E-state index contributed by atoms with van der Waals surface area (Å²) in [5.41, 5.74) is 2.06. The number of nitrogens with zero attached hydrogens (tertiary/aromatic N) is 1. The van der Waals surface area contributed by atoms with Crippen LogP contribution in [0.3, 0.4) is 0 Å². The van der Waals surface area contributed by atoms with Crippen molar-refractivity contribution in [1.82, 2.24) is 10.6 Å². The molecule has 0 aromatic heterocycles. The second-order valence-corrected chi connectivity index (χ2v) is 8.38. The first kappa shape index (κ1) is 22.1. The van der Waals surface area contributed by atoms with Gasteiger partial charge in [-0.1, -0.05) is 18.2 Å². The van der Waals surface area contributed by atoms with E-state index in [0.717, 1.165) is 42.3 Å². The maximum atomic E-state index is 6.49. The molecule has 1 saturated carbocycles. The van der Waals surface area contributed by atoms with Crippen molar-refractivity contribution in [2.24, 2.45) is 4.99 Å². The zero-order chi connectivity index (χ0) is 22.6. The lowest BCUT2D eigenvalue weighted by molar-refractivity contribution is 0.0396. The molecule has 0 amide bonds. The summed E-state index contributed by atoms with van der Waals surface area (Å²) in [4.78, 5) is 4.47. The Balaban J connectivity index is 1.51. The number of benzene rings is 2. The lowest BCUT2D eigenvalue weighted by Gasteiger charge is -2.40. The quantitative estimate of drug-likeness (QED) is 0.519. The van der Waals surface area contributed by atoms with Gasteiger partial charge in [0.15, 0.2) is 17.5 Å². The molecule has 2 N–H and O–H groups in total. The minimum Gasteiger partial charge on any atom is -0.496 e. The molecule has 32 heavy (non-hydrogen) atoms. The fourth-order valence-electron chi connectivity index (χ4n) is 4.84. The van der Waals surface area contributed by atoms with Crippen LogP contribution in [-0.2, 0) is 6.54 Å². The third-order valence-corrected chi connectivity index (χ3v) is 6.48. The van der Waals surface area contributed by atoms with Crippen LogP contribution in [0.2, 0.25) is 0 Å². The molecule has 172 valence electrons. The minimum absolute atomic E-state index is 0.0720. The van der Waals surface area contributed by atoms with E-state index in [9.17, 15) is 0 Å². The van der Waals surface area contributed by atoms with E-state index in [1.54, 1.807) is 28.4 Å². The maximum Gasteiger partial charge on any atom is 0.191 e. The second-order valence-electron chi connectivity index (χ2n) is 8.38. The molecule has 2 aliphatic rings. The first-order valence-electron chi connectivity index (χ1n) is 11.2. The Morgan fingerprint density at radius 2 is 1.72 bits per heavy atom. The van der Waals surface area contributed by atoms with Gasteiger partial charge in [0.05, 0.1) is 27.4 Å². The Hall–Kier alpha value is -3.09. The zero-order valence-electron chi connectivity index (χ0n) is 19.4. The van der Waals surface area contributed by atoms with E-state index in [2.05, 4.69) is 33.8 Å². The van der Waals surface area contributed by atoms with Crippen molar-refractivity contribution in [3.8, 4) is 23.0 Å². The van der Waals surface area contributed by atoms with E-state index in [1.165, 1.54) is 18.4 Å². The number of rotatable bonds is 6. The Kier molecular flexibility index (Phi) is 6.63. The maximum absolute atomic E-state index is 6.49. The van der Waals surface area contributed by atoms with Gasteiger partial charge < -0.3 is 29.6 Å². The van der Waals surface area contributed by atoms with Gasteiger partial charge in [-0.25, -0.2) is 0 Å². The predicted octanol–water partition coefficient (Wildman–Crippen LogP) is 4.21. The number of methoxy groups -OCH3 is 3. The monoisotopic (exact) mass is 439 g/mol. The Bertz CT molecular complexity index is 970. The molecule has 7 nitrogen and oxygen atoms in total. The van der Waals surface area contributed by atoms with Crippen molar-refractivity contribution in [3.63, 3.8) is 0 Å². The highest BCUT2D eigenvalue weighted by atomic mass is 16.5. The summed E-state index contributed by atoms with van der Waals surface area (Å²) < 4.78 is 22.9. The minimum atomic E-state index is -0.0720. The third-order valence-electron chi connectivity index (χ3n) is 6.48. The Morgan fingerprint density at radius 3 is 2.41 bits per heavy atom. The molecule has 0 saturated heterocycles. The van der Waals surface area contributed by atoms with Crippen molar-refractivity contribution in [2.45, 2.75) is 50.3 Å². The largest absolute Gasteiger partial charge is 0.496 e. The average molecular weight is 440 g/mol. The average Bonchev–Trinajstić information content (AvgIpc) is 3.27. The van der Waals surface area contributed by atoms with Gasteiger partial charge in [-0.05, 0) is 37.8 Å². The molecule has 1 atom stereocenters. The molecule has 1 fully saturated rings. The van der Waals surface area contributed by atoms with E-state index < -0.39 is 0 Å². The summed E-state index contributed by atoms with van der Waals surface area (Å²) in [6.07, 6.45) is 5.59. The molecule has 2 aromatic carbocycles. The standard InChI is InChI=1S/C25H33N3O4/c1-26-24(27-16-17-13-22(30-3)23(31-4)14-21(17)29-2)28-19-15-25(11-7-8-12-25)32-20-10-6-5-9-18(19)20/h5-6,9-10,13-14,19H,7-8,11-12,15-16H2,1-4H3,(H2,26,27,28). The number of ether oxygens (including phenoxy) is 4. The van der Waals surface area contributed by atoms with Gasteiger partial charge in [0.2, 0.25) is 0 Å². The van der Waals surface area contributed by atoms with E-state index in [1.807, 2.05) is 18.2 Å². The molecule has 2 aromatic rings. The Labute approximate surface area is 190 Å². The van der Waals surface area contributed by atoms with Crippen LogP contribution >= 0.6 is 0 Å². The fraction of sp³-hybridized carbons (Fsp3) is 0.480. The summed E-state index contributed by atoms with van der Waals surface area (Å²) in [5, 5.41) is 7.06. The number of aliphatic imine (C=N–C) groups is 1. The van der Waals surface area contributed by atoms with Crippen LogP contribution in [0.1, 0.15) is 49.3 Å². The number of fused-ring (bicyclic) bond motifs is 1. The fourth-order valence-corrected chi connectivity index (χ4v) is 4.84. The molecule has 4 rings (SSSR count). The topological polar surface area (TPSA) is 73.3 Å². The number of hydrogen-bond donors (Lipinski definition) is 2. The summed E-state index contributed by atoms with van der Waals surface area (Å²) in [5.74, 6) is 3.74. The van der Waals surface area contributed by atoms with Gasteiger partial charge >= 0.3 is 0 Å². The molecule has 1 aliphatic carbocycles.